The standard InChI is InChI=1S/C17H25ClN2O/c1-11(2)12-4-6-13(7-5-12)20-14-8-9-16(18)15(10-14)17(21)19-3/h8-13,20H,4-7H2,1-3H3,(H,19,21). The minimum absolute atomic E-state index is 0.146. The summed E-state index contributed by atoms with van der Waals surface area (Å²) in [5.74, 6) is 1.49. The summed E-state index contributed by atoms with van der Waals surface area (Å²) in [4.78, 5) is 11.8. The first-order valence-corrected chi connectivity index (χ1v) is 8.17. The average molecular weight is 309 g/mol. The van der Waals surface area contributed by atoms with Crippen LogP contribution < -0.4 is 10.6 Å². The number of rotatable bonds is 4. The van der Waals surface area contributed by atoms with Crippen LogP contribution in [0.3, 0.4) is 0 Å². The average Bonchev–Trinajstić information content (AvgIpc) is 2.49. The molecule has 1 saturated carbocycles. The molecule has 0 saturated heterocycles. The molecule has 1 aliphatic carbocycles. The number of anilines is 1. The minimum Gasteiger partial charge on any atom is -0.382 e. The van der Waals surface area contributed by atoms with Gasteiger partial charge >= 0.3 is 0 Å². The molecule has 116 valence electrons. The van der Waals surface area contributed by atoms with E-state index in [4.69, 9.17) is 11.6 Å². The Morgan fingerprint density at radius 2 is 1.90 bits per heavy atom. The van der Waals surface area contributed by atoms with Crippen LogP contribution >= 0.6 is 11.6 Å². The third kappa shape index (κ3) is 4.13. The minimum atomic E-state index is -0.146. The first-order valence-electron chi connectivity index (χ1n) is 7.79. The van der Waals surface area contributed by atoms with Crippen LogP contribution in [0.1, 0.15) is 49.9 Å². The Kier molecular flexibility index (Phi) is 5.51. The summed E-state index contributed by atoms with van der Waals surface area (Å²) in [6.07, 6.45) is 4.96. The molecule has 1 amide bonds. The highest BCUT2D eigenvalue weighted by molar-refractivity contribution is 6.34. The normalized spacial score (nSPS) is 22.1. The molecule has 1 aliphatic rings. The molecular weight excluding hydrogens is 284 g/mol. The van der Waals surface area contributed by atoms with Crippen LogP contribution in [0.4, 0.5) is 5.69 Å². The second-order valence-electron chi connectivity index (χ2n) is 6.27. The van der Waals surface area contributed by atoms with Crippen LogP contribution in [-0.2, 0) is 0 Å². The van der Waals surface area contributed by atoms with E-state index in [9.17, 15) is 4.79 Å². The highest BCUT2D eigenvalue weighted by atomic mass is 35.5. The van der Waals surface area contributed by atoms with Gasteiger partial charge in [-0.05, 0) is 55.7 Å². The molecular formula is C17H25ClN2O. The van der Waals surface area contributed by atoms with Crippen LogP contribution in [0.5, 0.6) is 0 Å². The van der Waals surface area contributed by atoms with Crippen molar-refractivity contribution in [1.82, 2.24) is 5.32 Å². The highest BCUT2D eigenvalue weighted by Gasteiger charge is 2.23. The number of nitrogens with one attached hydrogen (secondary N) is 2. The maximum absolute atomic E-state index is 11.8. The predicted molar refractivity (Wildman–Crippen MR) is 89.0 cm³/mol. The quantitative estimate of drug-likeness (QED) is 0.869. The Morgan fingerprint density at radius 3 is 2.48 bits per heavy atom. The maximum Gasteiger partial charge on any atom is 0.252 e. The number of hydrogen-bond donors (Lipinski definition) is 2. The van der Waals surface area contributed by atoms with Crippen LogP contribution in [0.15, 0.2) is 18.2 Å². The Labute approximate surface area is 132 Å². The number of amides is 1. The van der Waals surface area contributed by atoms with Crippen molar-refractivity contribution in [1.29, 1.82) is 0 Å². The van der Waals surface area contributed by atoms with Gasteiger partial charge in [0.1, 0.15) is 0 Å². The number of halogens is 1. The van der Waals surface area contributed by atoms with Crippen LogP contribution in [-0.4, -0.2) is 19.0 Å². The van der Waals surface area contributed by atoms with E-state index in [1.165, 1.54) is 25.7 Å². The Balaban J connectivity index is 1.99. The summed E-state index contributed by atoms with van der Waals surface area (Å²) < 4.78 is 0. The smallest absolute Gasteiger partial charge is 0.252 e. The molecule has 1 fully saturated rings. The van der Waals surface area contributed by atoms with Gasteiger partial charge in [0, 0.05) is 18.8 Å². The number of carbonyl (C=O) groups is 1. The third-order valence-electron chi connectivity index (χ3n) is 4.52. The molecule has 0 heterocycles. The van der Waals surface area contributed by atoms with E-state index in [-0.39, 0.29) is 5.91 Å². The number of hydrogen-bond acceptors (Lipinski definition) is 2. The first kappa shape index (κ1) is 16.2. The molecule has 1 aromatic rings. The van der Waals surface area contributed by atoms with Crippen molar-refractivity contribution >= 4 is 23.2 Å². The van der Waals surface area contributed by atoms with Crippen LogP contribution in [0.2, 0.25) is 5.02 Å². The lowest BCUT2D eigenvalue weighted by Crippen LogP contribution is -2.28. The lowest BCUT2D eigenvalue weighted by atomic mass is 9.79. The summed E-state index contributed by atoms with van der Waals surface area (Å²) in [5.41, 5.74) is 1.51. The van der Waals surface area contributed by atoms with Crippen LogP contribution in [0, 0.1) is 11.8 Å². The maximum atomic E-state index is 11.8. The van der Waals surface area contributed by atoms with Gasteiger partial charge in [0.25, 0.3) is 5.91 Å². The van der Waals surface area contributed by atoms with Gasteiger partial charge in [-0.15, -0.1) is 0 Å². The van der Waals surface area contributed by atoms with E-state index in [2.05, 4.69) is 24.5 Å². The zero-order chi connectivity index (χ0) is 15.4. The van der Waals surface area contributed by atoms with E-state index in [0.717, 1.165) is 17.5 Å². The fourth-order valence-electron chi connectivity index (χ4n) is 3.09. The van der Waals surface area contributed by atoms with Crippen molar-refractivity contribution in [3.63, 3.8) is 0 Å². The van der Waals surface area contributed by atoms with Gasteiger partial charge < -0.3 is 10.6 Å². The van der Waals surface area contributed by atoms with Gasteiger partial charge in [-0.25, -0.2) is 0 Å². The van der Waals surface area contributed by atoms with E-state index in [1.54, 1.807) is 13.1 Å². The van der Waals surface area contributed by atoms with Crippen molar-refractivity contribution in [2.75, 3.05) is 12.4 Å². The molecule has 2 rings (SSSR count). The lowest BCUT2D eigenvalue weighted by molar-refractivity contribution is 0.0963. The van der Waals surface area contributed by atoms with Gasteiger partial charge in [0.05, 0.1) is 10.6 Å². The molecule has 0 spiro atoms. The zero-order valence-corrected chi connectivity index (χ0v) is 13.8. The van der Waals surface area contributed by atoms with Crippen molar-refractivity contribution in [3.8, 4) is 0 Å². The topological polar surface area (TPSA) is 41.1 Å². The Bertz CT molecular complexity index is 494. The monoisotopic (exact) mass is 308 g/mol. The molecule has 0 aliphatic heterocycles. The van der Waals surface area contributed by atoms with E-state index >= 15 is 0 Å². The number of carbonyl (C=O) groups excluding carboxylic acids is 1. The fraction of sp³-hybridized carbons (Fsp3) is 0.588. The Morgan fingerprint density at radius 1 is 1.24 bits per heavy atom. The molecule has 2 N–H and O–H groups in total. The SMILES string of the molecule is CNC(=O)c1cc(NC2CCC(C(C)C)CC2)ccc1Cl. The largest absolute Gasteiger partial charge is 0.382 e. The molecule has 21 heavy (non-hydrogen) atoms. The number of benzene rings is 1. The molecule has 1 aromatic carbocycles. The van der Waals surface area contributed by atoms with Crippen molar-refractivity contribution in [2.24, 2.45) is 11.8 Å². The molecule has 0 bridgehead atoms. The van der Waals surface area contributed by atoms with E-state index in [1.807, 2.05) is 12.1 Å². The predicted octanol–water partition coefficient (Wildman–Crippen LogP) is 4.33. The lowest BCUT2D eigenvalue weighted by Gasteiger charge is -2.32. The summed E-state index contributed by atoms with van der Waals surface area (Å²) in [6, 6.07) is 6.08. The second-order valence-corrected chi connectivity index (χ2v) is 6.68. The van der Waals surface area contributed by atoms with Crippen LogP contribution in [0.25, 0.3) is 0 Å². The van der Waals surface area contributed by atoms with E-state index in [0.29, 0.717) is 16.6 Å². The van der Waals surface area contributed by atoms with Gasteiger partial charge in [-0.3, -0.25) is 4.79 Å². The van der Waals surface area contributed by atoms with Gasteiger partial charge in [-0.2, -0.15) is 0 Å². The zero-order valence-electron chi connectivity index (χ0n) is 13.1. The Hall–Kier alpha value is -1.22. The van der Waals surface area contributed by atoms with E-state index < -0.39 is 0 Å². The first-order chi connectivity index (χ1) is 10.0. The van der Waals surface area contributed by atoms with Crippen molar-refractivity contribution < 1.29 is 4.79 Å². The van der Waals surface area contributed by atoms with Gasteiger partial charge in [-0.1, -0.05) is 25.4 Å². The summed E-state index contributed by atoms with van der Waals surface area (Å²) >= 11 is 6.08. The summed E-state index contributed by atoms with van der Waals surface area (Å²) in [5, 5.41) is 6.66. The molecule has 0 radical (unpaired) electrons. The molecule has 0 atom stereocenters. The van der Waals surface area contributed by atoms with Gasteiger partial charge in [0.15, 0.2) is 0 Å². The molecule has 0 unspecified atom stereocenters. The van der Waals surface area contributed by atoms with Gasteiger partial charge in [0.2, 0.25) is 0 Å². The van der Waals surface area contributed by atoms with Crippen molar-refractivity contribution in [2.45, 2.75) is 45.6 Å². The molecule has 4 heteroatoms. The summed E-state index contributed by atoms with van der Waals surface area (Å²) in [7, 11) is 1.62. The second kappa shape index (κ2) is 7.17. The van der Waals surface area contributed by atoms with Crippen molar-refractivity contribution in [3.05, 3.63) is 28.8 Å². The fourth-order valence-corrected chi connectivity index (χ4v) is 3.29. The third-order valence-corrected chi connectivity index (χ3v) is 4.85. The molecule has 3 nitrogen and oxygen atoms in total. The molecule has 0 aromatic heterocycles. The summed E-state index contributed by atoms with van der Waals surface area (Å²) in [6.45, 7) is 4.63. The highest BCUT2D eigenvalue weighted by Crippen LogP contribution is 2.31.